The van der Waals surface area contributed by atoms with Crippen LogP contribution in [-0.2, 0) is 9.47 Å². The van der Waals surface area contributed by atoms with E-state index in [0.717, 1.165) is 13.1 Å². The van der Waals surface area contributed by atoms with E-state index in [-0.39, 0.29) is 12.1 Å². The fraction of sp³-hybridized carbons (Fsp3) is 0.923. The predicted octanol–water partition coefficient (Wildman–Crippen LogP) is 0.265. The second-order valence-electron chi connectivity index (χ2n) is 6.27. The molecule has 0 unspecified atom stereocenters. The van der Waals surface area contributed by atoms with Gasteiger partial charge in [-0.1, -0.05) is 0 Å². The van der Waals surface area contributed by atoms with E-state index in [4.69, 9.17) is 15.2 Å². The molecule has 110 valence electrons. The molecule has 2 atom stereocenters. The van der Waals surface area contributed by atoms with Gasteiger partial charge in [0.15, 0.2) is 0 Å². The molecule has 6 nitrogen and oxygen atoms in total. The lowest BCUT2D eigenvalue weighted by molar-refractivity contribution is 0.00933. The van der Waals surface area contributed by atoms with Crippen LogP contribution in [0.2, 0.25) is 0 Å². The van der Waals surface area contributed by atoms with Gasteiger partial charge >= 0.3 is 6.09 Å². The molecule has 2 aliphatic heterocycles. The van der Waals surface area contributed by atoms with Gasteiger partial charge in [-0.15, -0.1) is 0 Å². The third-order valence-electron chi connectivity index (χ3n) is 3.53. The Kier molecular flexibility index (Phi) is 4.32. The lowest BCUT2D eigenvalue weighted by Crippen LogP contribution is -2.56. The maximum absolute atomic E-state index is 11.9. The third kappa shape index (κ3) is 3.81. The normalized spacial score (nSPS) is 29.6. The zero-order valence-electron chi connectivity index (χ0n) is 12.1. The number of carbonyl (C=O) groups is 1. The Bertz CT molecular complexity index is 322. The summed E-state index contributed by atoms with van der Waals surface area (Å²) in [6.45, 7) is 10.0. The van der Waals surface area contributed by atoms with Gasteiger partial charge in [0, 0.05) is 32.2 Å². The highest BCUT2D eigenvalue weighted by atomic mass is 16.6. The lowest BCUT2D eigenvalue weighted by Gasteiger charge is -2.38. The molecule has 0 radical (unpaired) electrons. The fourth-order valence-electron chi connectivity index (χ4n) is 2.50. The second-order valence-corrected chi connectivity index (χ2v) is 6.27. The van der Waals surface area contributed by atoms with E-state index in [1.165, 1.54) is 0 Å². The summed E-state index contributed by atoms with van der Waals surface area (Å²) in [4.78, 5) is 16.0. The molecule has 0 aromatic rings. The van der Waals surface area contributed by atoms with Gasteiger partial charge in [0.1, 0.15) is 5.60 Å². The van der Waals surface area contributed by atoms with Gasteiger partial charge in [-0.2, -0.15) is 0 Å². The van der Waals surface area contributed by atoms with Gasteiger partial charge in [-0.05, 0) is 20.8 Å². The molecule has 0 aromatic heterocycles. The number of piperazine rings is 1. The first-order chi connectivity index (χ1) is 8.87. The predicted molar refractivity (Wildman–Crippen MR) is 72.0 cm³/mol. The first kappa shape index (κ1) is 14.6. The van der Waals surface area contributed by atoms with Crippen LogP contribution in [0, 0.1) is 0 Å². The van der Waals surface area contributed by atoms with E-state index in [9.17, 15) is 4.79 Å². The first-order valence-corrected chi connectivity index (χ1v) is 6.92. The molecule has 2 saturated heterocycles. The summed E-state index contributed by atoms with van der Waals surface area (Å²) >= 11 is 0. The molecule has 0 bridgehead atoms. The number of nitrogens with two attached hydrogens (primary N) is 1. The average Bonchev–Trinajstić information content (AvgIpc) is 2.73. The maximum Gasteiger partial charge on any atom is 0.410 e. The monoisotopic (exact) mass is 271 g/mol. The Morgan fingerprint density at radius 3 is 2.32 bits per heavy atom. The summed E-state index contributed by atoms with van der Waals surface area (Å²) in [6, 6.07) is 0.383. The molecular weight excluding hydrogens is 246 g/mol. The minimum absolute atomic E-state index is 0.0908. The summed E-state index contributed by atoms with van der Waals surface area (Å²) < 4.78 is 10.8. The molecule has 2 aliphatic rings. The van der Waals surface area contributed by atoms with Crippen LogP contribution < -0.4 is 5.73 Å². The molecule has 0 saturated carbocycles. The molecule has 2 N–H and O–H groups in total. The SMILES string of the molecule is CC(C)(C)OC(=O)N1CCN([C@H]2COC[C@@H]2N)CC1. The van der Waals surface area contributed by atoms with Gasteiger partial charge < -0.3 is 20.1 Å². The molecule has 2 heterocycles. The van der Waals surface area contributed by atoms with Crippen molar-refractivity contribution in [3.8, 4) is 0 Å². The lowest BCUT2D eigenvalue weighted by atomic mass is 10.1. The second kappa shape index (κ2) is 5.64. The molecule has 0 spiro atoms. The highest BCUT2D eigenvalue weighted by Gasteiger charge is 2.34. The summed E-state index contributed by atoms with van der Waals surface area (Å²) in [6.07, 6.45) is -0.223. The fourth-order valence-corrected chi connectivity index (χ4v) is 2.50. The zero-order valence-corrected chi connectivity index (χ0v) is 12.1. The summed E-state index contributed by atoms with van der Waals surface area (Å²) in [5.74, 6) is 0. The highest BCUT2D eigenvalue weighted by molar-refractivity contribution is 5.68. The van der Waals surface area contributed by atoms with Crippen molar-refractivity contribution in [2.75, 3.05) is 39.4 Å². The van der Waals surface area contributed by atoms with Crippen LogP contribution in [0.3, 0.4) is 0 Å². The van der Waals surface area contributed by atoms with Crippen LogP contribution in [-0.4, -0.2) is 73.0 Å². The zero-order chi connectivity index (χ0) is 14.0. The minimum Gasteiger partial charge on any atom is -0.444 e. The number of rotatable bonds is 1. The Morgan fingerprint density at radius 2 is 1.84 bits per heavy atom. The van der Waals surface area contributed by atoms with Crippen molar-refractivity contribution in [3.05, 3.63) is 0 Å². The Labute approximate surface area is 114 Å². The molecule has 0 aliphatic carbocycles. The number of ether oxygens (including phenoxy) is 2. The van der Waals surface area contributed by atoms with E-state index < -0.39 is 5.60 Å². The number of nitrogens with zero attached hydrogens (tertiary/aromatic N) is 2. The minimum atomic E-state index is -0.435. The first-order valence-electron chi connectivity index (χ1n) is 6.92. The van der Waals surface area contributed by atoms with Crippen molar-refractivity contribution in [1.29, 1.82) is 0 Å². The maximum atomic E-state index is 11.9. The van der Waals surface area contributed by atoms with Crippen LogP contribution >= 0.6 is 0 Å². The summed E-state index contributed by atoms with van der Waals surface area (Å²) in [5, 5.41) is 0. The highest BCUT2D eigenvalue weighted by Crippen LogP contribution is 2.16. The van der Waals surface area contributed by atoms with E-state index in [0.29, 0.717) is 32.3 Å². The molecule has 6 heteroatoms. The number of carbonyl (C=O) groups excluding carboxylic acids is 1. The van der Waals surface area contributed by atoms with E-state index in [1.807, 2.05) is 20.8 Å². The van der Waals surface area contributed by atoms with E-state index in [2.05, 4.69) is 4.90 Å². The van der Waals surface area contributed by atoms with Crippen molar-refractivity contribution in [2.24, 2.45) is 5.73 Å². The van der Waals surface area contributed by atoms with Crippen LogP contribution in [0.4, 0.5) is 4.79 Å². The van der Waals surface area contributed by atoms with Gasteiger partial charge in [-0.3, -0.25) is 4.90 Å². The molecule has 2 fully saturated rings. The van der Waals surface area contributed by atoms with Crippen molar-refractivity contribution < 1.29 is 14.3 Å². The Hall–Kier alpha value is -0.850. The van der Waals surface area contributed by atoms with Gasteiger partial charge in [0.25, 0.3) is 0 Å². The van der Waals surface area contributed by atoms with Crippen LogP contribution in [0.15, 0.2) is 0 Å². The van der Waals surface area contributed by atoms with Crippen molar-refractivity contribution in [1.82, 2.24) is 9.80 Å². The van der Waals surface area contributed by atoms with Gasteiger partial charge in [-0.25, -0.2) is 4.79 Å². The molecule has 0 aromatic carbocycles. The third-order valence-corrected chi connectivity index (χ3v) is 3.53. The Balaban J connectivity index is 1.80. The van der Waals surface area contributed by atoms with E-state index >= 15 is 0 Å². The smallest absolute Gasteiger partial charge is 0.410 e. The van der Waals surface area contributed by atoms with Crippen LogP contribution in [0.1, 0.15) is 20.8 Å². The molecular formula is C13H25N3O3. The largest absolute Gasteiger partial charge is 0.444 e. The number of amides is 1. The summed E-state index contributed by atoms with van der Waals surface area (Å²) in [7, 11) is 0. The topological polar surface area (TPSA) is 68.0 Å². The number of hydrogen-bond donors (Lipinski definition) is 1. The Morgan fingerprint density at radius 1 is 1.21 bits per heavy atom. The standard InChI is InChI=1S/C13H25N3O3/c1-13(2,3)19-12(17)16-6-4-15(5-7-16)11-9-18-8-10(11)14/h10-11H,4-9,14H2,1-3H3/t10-,11-/m0/s1. The molecule has 1 amide bonds. The molecule has 2 rings (SSSR count). The quantitative estimate of drug-likeness (QED) is 0.741. The average molecular weight is 271 g/mol. The van der Waals surface area contributed by atoms with E-state index in [1.54, 1.807) is 4.90 Å². The summed E-state index contributed by atoms with van der Waals surface area (Å²) in [5.41, 5.74) is 5.58. The van der Waals surface area contributed by atoms with Crippen LogP contribution in [0.25, 0.3) is 0 Å². The molecule has 19 heavy (non-hydrogen) atoms. The van der Waals surface area contributed by atoms with Crippen molar-refractivity contribution in [3.63, 3.8) is 0 Å². The van der Waals surface area contributed by atoms with Crippen molar-refractivity contribution >= 4 is 6.09 Å². The van der Waals surface area contributed by atoms with Crippen molar-refractivity contribution in [2.45, 2.75) is 38.5 Å². The van der Waals surface area contributed by atoms with Gasteiger partial charge in [0.05, 0.1) is 19.3 Å². The number of hydrogen-bond acceptors (Lipinski definition) is 5. The van der Waals surface area contributed by atoms with Gasteiger partial charge in [0.2, 0.25) is 0 Å². The van der Waals surface area contributed by atoms with Crippen LogP contribution in [0.5, 0.6) is 0 Å².